The summed E-state index contributed by atoms with van der Waals surface area (Å²) in [7, 11) is 0. The predicted octanol–water partition coefficient (Wildman–Crippen LogP) is 2.46. The SMILES string of the molecule is Cc1ccc(-c2cnoc2C=O)cc1. The van der Waals surface area contributed by atoms with E-state index >= 15 is 0 Å². The van der Waals surface area contributed by atoms with Crippen molar-refractivity contribution in [3.05, 3.63) is 41.8 Å². The van der Waals surface area contributed by atoms with E-state index in [1.807, 2.05) is 31.2 Å². The second-order valence-electron chi connectivity index (χ2n) is 3.09. The highest BCUT2D eigenvalue weighted by Gasteiger charge is 2.08. The van der Waals surface area contributed by atoms with Crippen molar-refractivity contribution in [1.82, 2.24) is 5.16 Å². The lowest BCUT2D eigenvalue weighted by atomic mass is 10.1. The Kier molecular flexibility index (Phi) is 2.14. The molecule has 0 atom stereocenters. The molecule has 2 aromatic rings. The van der Waals surface area contributed by atoms with Crippen LogP contribution in [0.15, 0.2) is 35.0 Å². The van der Waals surface area contributed by atoms with Crippen LogP contribution in [-0.2, 0) is 0 Å². The fourth-order valence-corrected chi connectivity index (χ4v) is 1.28. The maximum absolute atomic E-state index is 10.6. The lowest BCUT2D eigenvalue weighted by Crippen LogP contribution is -1.81. The van der Waals surface area contributed by atoms with Crippen LogP contribution in [0.1, 0.15) is 16.1 Å². The fraction of sp³-hybridized carbons (Fsp3) is 0.0909. The van der Waals surface area contributed by atoms with Crippen molar-refractivity contribution in [3.8, 4) is 11.1 Å². The third-order valence-electron chi connectivity index (χ3n) is 2.07. The summed E-state index contributed by atoms with van der Waals surface area (Å²) in [5, 5.41) is 3.59. The number of rotatable bonds is 2. The summed E-state index contributed by atoms with van der Waals surface area (Å²) in [4.78, 5) is 10.6. The van der Waals surface area contributed by atoms with Crippen LogP contribution in [0.25, 0.3) is 11.1 Å². The Bertz CT molecular complexity index is 443. The molecule has 1 aromatic carbocycles. The Morgan fingerprint density at radius 1 is 1.29 bits per heavy atom. The molecule has 0 aliphatic heterocycles. The summed E-state index contributed by atoms with van der Waals surface area (Å²) in [5.41, 5.74) is 2.86. The minimum atomic E-state index is 0.272. The van der Waals surface area contributed by atoms with Gasteiger partial charge in [0.25, 0.3) is 0 Å². The van der Waals surface area contributed by atoms with Gasteiger partial charge in [-0.05, 0) is 12.5 Å². The number of aryl methyl sites for hydroxylation is 1. The van der Waals surface area contributed by atoms with E-state index < -0.39 is 0 Å². The van der Waals surface area contributed by atoms with Gasteiger partial charge in [0.15, 0.2) is 6.29 Å². The minimum Gasteiger partial charge on any atom is -0.353 e. The van der Waals surface area contributed by atoms with E-state index in [1.165, 1.54) is 5.56 Å². The van der Waals surface area contributed by atoms with E-state index in [1.54, 1.807) is 6.20 Å². The van der Waals surface area contributed by atoms with Gasteiger partial charge < -0.3 is 4.52 Å². The summed E-state index contributed by atoms with van der Waals surface area (Å²) in [6.45, 7) is 2.01. The van der Waals surface area contributed by atoms with Crippen LogP contribution in [0.4, 0.5) is 0 Å². The number of carbonyl (C=O) groups is 1. The van der Waals surface area contributed by atoms with Crippen LogP contribution in [0.2, 0.25) is 0 Å². The molecule has 3 nitrogen and oxygen atoms in total. The molecule has 0 aliphatic rings. The number of aldehydes is 1. The van der Waals surface area contributed by atoms with E-state index in [-0.39, 0.29) is 5.76 Å². The molecule has 1 heterocycles. The molecule has 0 N–H and O–H groups in total. The summed E-state index contributed by atoms with van der Waals surface area (Å²) in [6.07, 6.45) is 2.22. The summed E-state index contributed by atoms with van der Waals surface area (Å²) in [6, 6.07) is 7.84. The summed E-state index contributed by atoms with van der Waals surface area (Å²) >= 11 is 0. The second-order valence-corrected chi connectivity index (χ2v) is 3.09. The zero-order valence-electron chi connectivity index (χ0n) is 7.73. The Morgan fingerprint density at radius 2 is 2.00 bits per heavy atom. The molecule has 3 heteroatoms. The van der Waals surface area contributed by atoms with Crippen LogP contribution < -0.4 is 0 Å². The predicted molar refractivity (Wildman–Crippen MR) is 52.1 cm³/mol. The van der Waals surface area contributed by atoms with Crippen molar-refractivity contribution in [3.63, 3.8) is 0 Å². The number of hydrogen-bond acceptors (Lipinski definition) is 3. The zero-order chi connectivity index (χ0) is 9.97. The molecule has 0 spiro atoms. The molecule has 0 amide bonds. The Balaban J connectivity index is 2.49. The largest absolute Gasteiger partial charge is 0.353 e. The average molecular weight is 187 g/mol. The third-order valence-corrected chi connectivity index (χ3v) is 2.07. The quantitative estimate of drug-likeness (QED) is 0.678. The molecule has 2 rings (SSSR count). The fourth-order valence-electron chi connectivity index (χ4n) is 1.28. The Hall–Kier alpha value is -1.90. The zero-order valence-corrected chi connectivity index (χ0v) is 7.73. The van der Waals surface area contributed by atoms with Gasteiger partial charge >= 0.3 is 0 Å². The molecular formula is C11H9NO2. The highest BCUT2D eigenvalue weighted by Crippen LogP contribution is 2.22. The molecule has 0 unspecified atom stereocenters. The maximum atomic E-state index is 10.6. The van der Waals surface area contributed by atoms with Crippen LogP contribution in [0.5, 0.6) is 0 Å². The molecule has 70 valence electrons. The molecular weight excluding hydrogens is 178 g/mol. The van der Waals surface area contributed by atoms with Crippen molar-refractivity contribution < 1.29 is 9.32 Å². The Morgan fingerprint density at radius 3 is 2.64 bits per heavy atom. The van der Waals surface area contributed by atoms with Gasteiger partial charge in [-0.2, -0.15) is 0 Å². The smallest absolute Gasteiger partial charge is 0.207 e. The summed E-state index contributed by atoms with van der Waals surface area (Å²) < 4.78 is 4.78. The first-order chi connectivity index (χ1) is 6.81. The second kappa shape index (κ2) is 3.46. The number of aromatic nitrogens is 1. The van der Waals surface area contributed by atoms with Crippen molar-refractivity contribution in [2.24, 2.45) is 0 Å². The van der Waals surface area contributed by atoms with Crippen LogP contribution in [0, 0.1) is 6.92 Å². The van der Waals surface area contributed by atoms with Crippen LogP contribution >= 0.6 is 0 Å². The molecule has 0 aliphatic carbocycles. The normalized spacial score (nSPS) is 10.1. The van der Waals surface area contributed by atoms with Crippen molar-refractivity contribution in [2.45, 2.75) is 6.92 Å². The van der Waals surface area contributed by atoms with Gasteiger partial charge in [-0.1, -0.05) is 35.0 Å². The van der Waals surface area contributed by atoms with Crippen molar-refractivity contribution in [1.29, 1.82) is 0 Å². The standard InChI is InChI=1S/C11H9NO2/c1-8-2-4-9(5-3-8)10-6-12-14-11(10)7-13/h2-7H,1H3. The topological polar surface area (TPSA) is 43.1 Å². The van der Waals surface area contributed by atoms with E-state index in [0.29, 0.717) is 6.29 Å². The Labute approximate surface area is 81.3 Å². The molecule has 0 radical (unpaired) electrons. The van der Waals surface area contributed by atoms with Gasteiger partial charge in [-0.3, -0.25) is 4.79 Å². The van der Waals surface area contributed by atoms with Gasteiger partial charge in [0.05, 0.1) is 11.8 Å². The average Bonchev–Trinajstić information content (AvgIpc) is 2.67. The van der Waals surface area contributed by atoms with Gasteiger partial charge in [0.1, 0.15) is 0 Å². The van der Waals surface area contributed by atoms with Gasteiger partial charge in [0.2, 0.25) is 5.76 Å². The van der Waals surface area contributed by atoms with Crippen molar-refractivity contribution >= 4 is 6.29 Å². The van der Waals surface area contributed by atoms with E-state index in [9.17, 15) is 4.79 Å². The first-order valence-electron chi connectivity index (χ1n) is 4.28. The number of hydrogen-bond donors (Lipinski definition) is 0. The number of nitrogens with zero attached hydrogens (tertiary/aromatic N) is 1. The monoisotopic (exact) mass is 187 g/mol. The van der Waals surface area contributed by atoms with Crippen molar-refractivity contribution in [2.75, 3.05) is 0 Å². The minimum absolute atomic E-state index is 0.272. The lowest BCUT2D eigenvalue weighted by molar-refractivity contribution is 0.109. The molecule has 1 aromatic heterocycles. The van der Waals surface area contributed by atoms with E-state index in [0.717, 1.165) is 11.1 Å². The van der Waals surface area contributed by atoms with Gasteiger partial charge in [-0.15, -0.1) is 0 Å². The highest BCUT2D eigenvalue weighted by molar-refractivity contribution is 5.83. The lowest BCUT2D eigenvalue weighted by Gasteiger charge is -1.97. The summed E-state index contributed by atoms with van der Waals surface area (Å²) in [5.74, 6) is 0.272. The molecule has 0 saturated heterocycles. The van der Waals surface area contributed by atoms with Crippen LogP contribution in [-0.4, -0.2) is 11.4 Å². The third kappa shape index (κ3) is 1.44. The van der Waals surface area contributed by atoms with E-state index in [4.69, 9.17) is 4.52 Å². The van der Waals surface area contributed by atoms with Gasteiger partial charge in [0, 0.05) is 0 Å². The number of benzene rings is 1. The maximum Gasteiger partial charge on any atom is 0.207 e. The van der Waals surface area contributed by atoms with Gasteiger partial charge in [-0.25, -0.2) is 0 Å². The van der Waals surface area contributed by atoms with E-state index in [2.05, 4.69) is 5.16 Å². The number of carbonyl (C=O) groups excluding carboxylic acids is 1. The molecule has 0 bridgehead atoms. The van der Waals surface area contributed by atoms with Crippen LogP contribution in [0.3, 0.4) is 0 Å². The first kappa shape index (κ1) is 8.69. The molecule has 0 saturated carbocycles. The first-order valence-corrected chi connectivity index (χ1v) is 4.28. The highest BCUT2D eigenvalue weighted by atomic mass is 16.5. The molecule has 0 fully saturated rings. The molecule has 14 heavy (non-hydrogen) atoms.